The van der Waals surface area contributed by atoms with E-state index in [0.717, 1.165) is 45.1 Å². The second kappa shape index (κ2) is 10.3. The Balaban J connectivity index is 0.00000225. The second-order valence-electron chi connectivity index (χ2n) is 7.00. The van der Waals surface area contributed by atoms with Gasteiger partial charge in [-0.3, -0.25) is 9.89 Å². The Morgan fingerprint density at radius 3 is 2.64 bits per heavy atom. The summed E-state index contributed by atoms with van der Waals surface area (Å²) in [6.07, 6.45) is 3.69. The normalized spacial score (nSPS) is 22.3. The fourth-order valence-corrected chi connectivity index (χ4v) is 3.32. The van der Waals surface area contributed by atoms with Gasteiger partial charge in [-0.05, 0) is 31.9 Å². The van der Waals surface area contributed by atoms with Crippen molar-refractivity contribution in [2.75, 3.05) is 46.8 Å². The molecule has 1 aromatic rings. The summed E-state index contributed by atoms with van der Waals surface area (Å²) in [6.45, 7) is 5.51. The number of aliphatic imine (C=N–C) groups is 1. The number of nitrogens with one attached hydrogen (secondary N) is 2. The fraction of sp³-hybridized carbons (Fsp3) is 0.632. The molecule has 1 saturated carbocycles. The number of hydrogen-bond acceptors (Lipinski definition) is 3. The van der Waals surface area contributed by atoms with E-state index >= 15 is 0 Å². The van der Waals surface area contributed by atoms with E-state index in [1.807, 2.05) is 7.05 Å². The van der Waals surface area contributed by atoms with Crippen LogP contribution in [0.25, 0.3) is 0 Å². The lowest BCUT2D eigenvalue weighted by molar-refractivity contribution is 0.0891. The van der Waals surface area contributed by atoms with Crippen LogP contribution in [-0.2, 0) is 0 Å². The number of likely N-dealkylation sites (N-methyl/N-ethyl adjacent to an activating group) is 1. The van der Waals surface area contributed by atoms with E-state index in [9.17, 15) is 0 Å². The third kappa shape index (κ3) is 6.42. The van der Waals surface area contributed by atoms with Gasteiger partial charge in [-0.2, -0.15) is 0 Å². The number of hydrogen-bond donors (Lipinski definition) is 2. The molecule has 6 heteroatoms. The lowest BCUT2D eigenvalue weighted by atomic mass is 10.0. The minimum Gasteiger partial charge on any atom is -0.356 e. The Labute approximate surface area is 169 Å². The van der Waals surface area contributed by atoms with Crippen molar-refractivity contribution in [3.8, 4) is 0 Å². The Morgan fingerprint density at radius 1 is 1.20 bits per heavy atom. The van der Waals surface area contributed by atoms with Crippen LogP contribution in [0.4, 0.5) is 0 Å². The van der Waals surface area contributed by atoms with Crippen LogP contribution in [0.5, 0.6) is 0 Å². The largest absolute Gasteiger partial charge is 0.356 e. The molecule has 1 unspecified atom stereocenters. The molecule has 0 bridgehead atoms. The van der Waals surface area contributed by atoms with Crippen LogP contribution in [0.3, 0.4) is 0 Å². The monoisotopic (exact) mass is 457 g/mol. The van der Waals surface area contributed by atoms with Gasteiger partial charge in [-0.25, -0.2) is 0 Å². The number of guanidine groups is 1. The first-order valence-electron chi connectivity index (χ1n) is 9.21. The fourth-order valence-electron chi connectivity index (χ4n) is 3.32. The molecule has 1 heterocycles. The standard InChI is InChI=1S/C19H31N5.HI/c1-20-19(22-17-9-10-17)21-11-6-12-24-14-13-23(2)15-18(24)16-7-4-3-5-8-16;/h3-5,7-8,17-18H,6,9-15H2,1-2H3,(H2,20,21,22);1H. The molecule has 0 radical (unpaired) electrons. The lowest BCUT2D eigenvalue weighted by Gasteiger charge is -2.40. The number of nitrogens with zero attached hydrogens (tertiary/aromatic N) is 3. The molecule has 2 aliphatic rings. The molecule has 1 atom stereocenters. The summed E-state index contributed by atoms with van der Waals surface area (Å²) < 4.78 is 0. The quantitative estimate of drug-likeness (QED) is 0.298. The van der Waals surface area contributed by atoms with E-state index in [0.29, 0.717) is 12.1 Å². The smallest absolute Gasteiger partial charge is 0.191 e. The van der Waals surface area contributed by atoms with Crippen LogP contribution in [-0.4, -0.2) is 68.6 Å². The average molecular weight is 457 g/mol. The number of rotatable bonds is 6. The highest BCUT2D eigenvalue weighted by molar-refractivity contribution is 14.0. The molecular formula is C19H32IN5. The van der Waals surface area contributed by atoms with Crippen molar-refractivity contribution in [1.82, 2.24) is 20.4 Å². The molecule has 0 spiro atoms. The highest BCUT2D eigenvalue weighted by Crippen LogP contribution is 2.24. The first kappa shape index (κ1) is 20.5. The van der Waals surface area contributed by atoms with E-state index in [2.05, 4.69) is 62.8 Å². The molecule has 0 aromatic heterocycles. The van der Waals surface area contributed by atoms with Gasteiger partial charge in [-0.1, -0.05) is 30.3 Å². The number of benzene rings is 1. The van der Waals surface area contributed by atoms with Crippen molar-refractivity contribution < 1.29 is 0 Å². The Bertz CT molecular complexity index is 532. The van der Waals surface area contributed by atoms with Crippen LogP contribution in [0.1, 0.15) is 30.9 Å². The molecule has 140 valence electrons. The molecule has 1 aliphatic carbocycles. The van der Waals surface area contributed by atoms with Crippen molar-refractivity contribution in [1.29, 1.82) is 0 Å². The van der Waals surface area contributed by atoms with Crippen LogP contribution < -0.4 is 10.6 Å². The molecule has 2 N–H and O–H groups in total. The number of halogens is 1. The van der Waals surface area contributed by atoms with Crippen LogP contribution in [0.15, 0.2) is 35.3 Å². The summed E-state index contributed by atoms with van der Waals surface area (Å²) in [7, 11) is 4.08. The topological polar surface area (TPSA) is 42.9 Å². The zero-order valence-electron chi connectivity index (χ0n) is 15.4. The Hall–Kier alpha value is -0.860. The van der Waals surface area contributed by atoms with Gasteiger partial charge in [0.1, 0.15) is 0 Å². The van der Waals surface area contributed by atoms with Gasteiger partial charge in [0, 0.05) is 51.9 Å². The third-order valence-electron chi connectivity index (χ3n) is 4.94. The average Bonchev–Trinajstić information content (AvgIpc) is 3.43. The summed E-state index contributed by atoms with van der Waals surface area (Å²) in [6, 6.07) is 12.1. The van der Waals surface area contributed by atoms with Crippen LogP contribution in [0.2, 0.25) is 0 Å². The van der Waals surface area contributed by atoms with Gasteiger partial charge in [0.2, 0.25) is 0 Å². The van der Waals surface area contributed by atoms with E-state index < -0.39 is 0 Å². The van der Waals surface area contributed by atoms with Crippen LogP contribution in [0, 0.1) is 0 Å². The van der Waals surface area contributed by atoms with Crippen molar-refractivity contribution in [2.24, 2.45) is 4.99 Å². The van der Waals surface area contributed by atoms with Gasteiger partial charge in [0.15, 0.2) is 5.96 Å². The zero-order valence-corrected chi connectivity index (χ0v) is 17.8. The Morgan fingerprint density at radius 2 is 1.96 bits per heavy atom. The molecule has 2 fully saturated rings. The van der Waals surface area contributed by atoms with Crippen molar-refractivity contribution in [3.63, 3.8) is 0 Å². The summed E-state index contributed by atoms with van der Waals surface area (Å²) in [5.41, 5.74) is 1.43. The summed E-state index contributed by atoms with van der Waals surface area (Å²) in [4.78, 5) is 9.37. The lowest BCUT2D eigenvalue weighted by Crippen LogP contribution is -2.47. The highest BCUT2D eigenvalue weighted by atomic mass is 127. The maximum atomic E-state index is 4.30. The molecule has 3 rings (SSSR count). The highest BCUT2D eigenvalue weighted by Gasteiger charge is 2.26. The van der Waals surface area contributed by atoms with E-state index in [4.69, 9.17) is 0 Å². The third-order valence-corrected chi connectivity index (χ3v) is 4.94. The molecule has 1 saturated heterocycles. The Kier molecular flexibility index (Phi) is 8.45. The maximum absolute atomic E-state index is 4.30. The molecule has 25 heavy (non-hydrogen) atoms. The van der Waals surface area contributed by atoms with Gasteiger partial charge < -0.3 is 15.5 Å². The van der Waals surface area contributed by atoms with Gasteiger partial charge in [0.25, 0.3) is 0 Å². The SMILES string of the molecule is CN=C(NCCCN1CCN(C)CC1c1ccccc1)NC1CC1.I. The first-order chi connectivity index (χ1) is 11.8. The minimum absolute atomic E-state index is 0. The van der Waals surface area contributed by atoms with E-state index in [1.54, 1.807) is 0 Å². The van der Waals surface area contributed by atoms with Gasteiger partial charge >= 0.3 is 0 Å². The first-order valence-corrected chi connectivity index (χ1v) is 9.21. The predicted octanol–water partition coefficient (Wildman–Crippen LogP) is 2.31. The minimum atomic E-state index is 0. The maximum Gasteiger partial charge on any atom is 0.191 e. The molecule has 1 aromatic carbocycles. The number of piperazine rings is 1. The van der Waals surface area contributed by atoms with Gasteiger partial charge in [0.05, 0.1) is 0 Å². The molecule has 1 aliphatic heterocycles. The van der Waals surface area contributed by atoms with Crippen molar-refractivity contribution in [3.05, 3.63) is 35.9 Å². The van der Waals surface area contributed by atoms with E-state index in [-0.39, 0.29) is 24.0 Å². The second-order valence-corrected chi connectivity index (χ2v) is 7.00. The van der Waals surface area contributed by atoms with Crippen LogP contribution >= 0.6 is 24.0 Å². The van der Waals surface area contributed by atoms with Gasteiger partial charge in [-0.15, -0.1) is 24.0 Å². The summed E-state index contributed by atoms with van der Waals surface area (Å²) >= 11 is 0. The van der Waals surface area contributed by atoms with E-state index in [1.165, 1.54) is 18.4 Å². The van der Waals surface area contributed by atoms with Crippen molar-refractivity contribution >= 4 is 29.9 Å². The zero-order chi connectivity index (χ0) is 16.8. The van der Waals surface area contributed by atoms with Crippen molar-refractivity contribution in [2.45, 2.75) is 31.3 Å². The molecular weight excluding hydrogens is 425 g/mol. The summed E-state index contributed by atoms with van der Waals surface area (Å²) in [5.74, 6) is 0.954. The molecule has 5 nitrogen and oxygen atoms in total. The molecule has 0 amide bonds. The predicted molar refractivity (Wildman–Crippen MR) is 116 cm³/mol. The summed E-state index contributed by atoms with van der Waals surface area (Å²) in [5, 5.41) is 6.88.